The molecule has 4 unspecified atom stereocenters. The number of fused-ring (bicyclic) bond motifs is 8. The van der Waals surface area contributed by atoms with Crippen LogP contribution in [0.4, 0.5) is 0 Å². The molecule has 4 N–H and O–H groups in total. The van der Waals surface area contributed by atoms with E-state index in [0.29, 0.717) is 23.0 Å². The third-order valence-corrected chi connectivity index (χ3v) is 16.3. The van der Waals surface area contributed by atoms with Gasteiger partial charge in [0.1, 0.15) is 23.0 Å². The van der Waals surface area contributed by atoms with Gasteiger partial charge in [-0.25, -0.2) is 0 Å². The quantitative estimate of drug-likeness (QED) is 0.0682. The van der Waals surface area contributed by atoms with Crippen molar-refractivity contribution in [3.63, 3.8) is 0 Å². The van der Waals surface area contributed by atoms with Gasteiger partial charge in [-0.1, -0.05) is 163 Å². The Morgan fingerprint density at radius 2 is 0.488 bits per heavy atom. The molecule has 84 heavy (non-hydrogen) atoms. The number of hydrogen-bond donors (Lipinski definition) is 4. The topological polar surface area (TPSA) is 153 Å². The molecule has 4 aromatic rings. The Hall–Kier alpha value is -6.04. The van der Waals surface area contributed by atoms with Crippen LogP contribution < -0.4 is 40.2 Å². The van der Waals surface area contributed by atoms with Crippen LogP contribution in [-0.4, -0.2) is 52.1 Å². The normalized spacial score (nSPS) is 16.6. The summed E-state index contributed by atoms with van der Waals surface area (Å²) in [5.74, 6) is 2.24. The molecule has 0 aromatic heterocycles. The minimum atomic E-state index is -0.644. The molecule has 0 saturated carbocycles. The van der Waals surface area contributed by atoms with E-state index in [0.717, 1.165) is 92.4 Å². The summed E-state index contributed by atoms with van der Waals surface area (Å²) in [5.41, 5.74) is 9.27. The van der Waals surface area contributed by atoms with Crippen LogP contribution in [0.5, 0.6) is 23.0 Å². The summed E-state index contributed by atoms with van der Waals surface area (Å²) < 4.78 is 26.4. The van der Waals surface area contributed by atoms with Crippen LogP contribution in [0.3, 0.4) is 0 Å². The Morgan fingerprint density at radius 3 is 0.619 bits per heavy atom. The number of rotatable bonds is 20. The molecule has 12 heteroatoms. The van der Waals surface area contributed by atoms with Gasteiger partial charge in [-0.3, -0.25) is 19.2 Å². The number of amides is 4. The smallest absolute Gasteiger partial charge is 0.225 e. The van der Waals surface area contributed by atoms with Crippen molar-refractivity contribution in [1.29, 1.82) is 0 Å². The zero-order valence-corrected chi connectivity index (χ0v) is 56.2. The highest BCUT2D eigenvalue weighted by atomic mass is 16.5. The van der Waals surface area contributed by atoms with E-state index in [2.05, 4.69) is 125 Å². The van der Waals surface area contributed by atoms with E-state index < -0.39 is 21.7 Å². The summed E-state index contributed by atoms with van der Waals surface area (Å²) in [6, 6.07) is 18.0. The number of nitrogens with one attached hydrogen (secondary N) is 4. The minimum absolute atomic E-state index is 0.0679. The van der Waals surface area contributed by atoms with Crippen LogP contribution >= 0.6 is 0 Å². The lowest BCUT2D eigenvalue weighted by Crippen LogP contribution is -2.35. The molecule has 8 bridgehead atoms. The number of hydrogen-bond acceptors (Lipinski definition) is 8. The first-order chi connectivity index (χ1) is 38.9. The highest BCUT2D eigenvalue weighted by Crippen LogP contribution is 2.51. The zero-order chi connectivity index (χ0) is 63.1. The standard InChI is InChI=1S/C72H108N4O8/c1-41(2)25-53-49-33-58(62(82-22)29-45(49)37-73-65(77)69(9,10)11)55(27-43(5)6)51-35-60(64(84-24)31-47(51)39-75-67(79)71(15,16)17)56(28-44(7)8)52-36-59(63(83-23)32-48(52)40-76-68(80)72(18,19)20)54(26-42(3)4)50-34-57(53)61(81-21)30-46(50)38-74-66(78)70(12,13)14/h29-36,41-44,53-56H,25-28,37-40H2,1-24H3,(H,73,77)(H,74,78)(H,75,79)(H,76,80). The van der Waals surface area contributed by atoms with Crippen LogP contribution in [-0.2, 0) is 45.4 Å². The maximum absolute atomic E-state index is 14.0. The molecule has 12 nitrogen and oxygen atoms in total. The van der Waals surface area contributed by atoms with Crippen LogP contribution in [0.25, 0.3) is 0 Å². The van der Waals surface area contributed by atoms with E-state index in [9.17, 15) is 19.2 Å². The second-order valence-electron chi connectivity index (χ2n) is 29.6. The fourth-order valence-electron chi connectivity index (χ4n) is 11.7. The van der Waals surface area contributed by atoms with Crippen molar-refractivity contribution in [2.45, 2.75) is 214 Å². The van der Waals surface area contributed by atoms with Crippen molar-refractivity contribution >= 4 is 23.6 Å². The SMILES string of the molecule is COc1cc(CNC(=O)C(C)(C)C)c2cc1C(CC(C)C)c1cc(c(OC)cc1CNC(=O)C(C)(C)C)C(CC(C)C)c1cc(c(OC)cc1CNC(=O)C(C)(C)C)C(CC(C)C)c1cc(c(OC)cc1CNC(=O)C(C)(C)C)C2CC(C)C. The molecule has 0 saturated heterocycles. The van der Waals surface area contributed by atoms with E-state index in [4.69, 9.17) is 18.9 Å². The van der Waals surface area contributed by atoms with Gasteiger partial charge in [-0.05, 0) is 118 Å². The average molecular weight is 1160 g/mol. The van der Waals surface area contributed by atoms with E-state index >= 15 is 0 Å². The summed E-state index contributed by atoms with van der Waals surface area (Å²) in [6.07, 6.45) is 2.90. The molecule has 4 atom stereocenters. The van der Waals surface area contributed by atoms with Gasteiger partial charge >= 0.3 is 0 Å². The van der Waals surface area contributed by atoms with Crippen LogP contribution in [0.2, 0.25) is 0 Å². The number of benzene rings is 4. The number of carbonyl (C=O) groups is 4. The van der Waals surface area contributed by atoms with Gasteiger partial charge in [0, 0.05) is 93.8 Å². The van der Waals surface area contributed by atoms with Crippen molar-refractivity contribution < 1.29 is 38.1 Å². The maximum Gasteiger partial charge on any atom is 0.225 e. The monoisotopic (exact) mass is 1160 g/mol. The maximum atomic E-state index is 14.0. The van der Waals surface area contributed by atoms with Crippen molar-refractivity contribution in [3.05, 3.63) is 115 Å². The molecule has 1 aliphatic rings. The fourth-order valence-corrected chi connectivity index (χ4v) is 11.7. The molecule has 0 spiro atoms. The predicted octanol–water partition coefficient (Wildman–Crippen LogP) is 15.4. The molecule has 1 aliphatic carbocycles. The summed E-state index contributed by atoms with van der Waals surface area (Å²) in [5, 5.41) is 13.3. The average Bonchev–Trinajstić information content (AvgIpc) is 3.49. The Bertz CT molecular complexity index is 2560. The second kappa shape index (κ2) is 28.0. The Balaban J connectivity index is 2.20. The van der Waals surface area contributed by atoms with Crippen molar-refractivity contribution in [2.24, 2.45) is 45.3 Å². The molecule has 0 aliphatic heterocycles. The van der Waals surface area contributed by atoms with E-state index in [-0.39, 0.29) is 97.2 Å². The Labute approximate surface area is 506 Å². The summed E-state index contributed by atoms with van der Waals surface area (Å²) in [7, 11) is 6.91. The third kappa shape index (κ3) is 17.1. The second-order valence-corrected chi connectivity index (χ2v) is 29.6. The highest BCUT2D eigenvalue weighted by molar-refractivity contribution is 5.83. The number of ether oxygens (including phenoxy) is 4. The van der Waals surface area contributed by atoms with Crippen molar-refractivity contribution in [3.8, 4) is 23.0 Å². The molecular weight excluding hydrogens is 1050 g/mol. The van der Waals surface area contributed by atoms with Gasteiger partial charge in [0.2, 0.25) is 23.6 Å². The molecule has 4 amide bonds. The molecule has 4 aromatic carbocycles. The zero-order valence-electron chi connectivity index (χ0n) is 56.2. The van der Waals surface area contributed by atoms with Gasteiger partial charge < -0.3 is 40.2 Å². The van der Waals surface area contributed by atoms with Crippen molar-refractivity contribution in [1.82, 2.24) is 21.3 Å². The summed E-state index contributed by atoms with van der Waals surface area (Å²) >= 11 is 0. The van der Waals surface area contributed by atoms with Crippen LogP contribution in [0.1, 0.15) is 255 Å². The predicted molar refractivity (Wildman–Crippen MR) is 342 cm³/mol. The molecule has 0 heterocycles. The largest absolute Gasteiger partial charge is 0.496 e. The number of carbonyl (C=O) groups excluding carboxylic acids is 4. The van der Waals surface area contributed by atoms with E-state index in [1.54, 1.807) is 28.4 Å². The molecule has 464 valence electrons. The molecule has 0 radical (unpaired) electrons. The number of methoxy groups -OCH3 is 4. The Morgan fingerprint density at radius 1 is 0.321 bits per heavy atom. The van der Waals surface area contributed by atoms with Gasteiger partial charge in [0.05, 0.1) is 28.4 Å². The molecule has 5 rings (SSSR count). The van der Waals surface area contributed by atoms with E-state index in [1.165, 1.54) is 0 Å². The first kappa shape index (κ1) is 68.7. The van der Waals surface area contributed by atoms with Crippen LogP contribution in [0, 0.1) is 45.3 Å². The lowest BCUT2D eigenvalue weighted by Gasteiger charge is -2.34. The summed E-state index contributed by atoms with van der Waals surface area (Å²) in [4.78, 5) is 55.9. The van der Waals surface area contributed by atoms with E-state index in [1.807, 2.05) is 83.1 Å². The van der Waals surface area contributed by atoms with Gasteiger partial charge in [-0.2, -0.15) is 0 Å². The molecule has 0 fully saturated rings. The van der Waals surface area contributed by atoms with Crippen LogP contribution in [0.15, 0.2) is 48.5 Å². The third-order valence-electron chi connectivity index (χ3n) is 16.3. The fraction of sp³-hybridized carbons (Fsp3) is 0.611. The minimum Gasteiger partial charge on any atom is -0.496 e. The first-order valence-corrected chi connectivity index (χ1v) is 30.9. The Kier molecular flexibility index (Phi) is 22.9. The van der Waals surface area contributed by atoms with Gasteiger partial charge in [-0.15, -0.1) is 0 Å². The molecular formula is C72H108N4O8. The van der Waals surface area contributed by atoms with Crippen molar-refractivity contribution in [2.75, 3.05) is 28.4 Å². The van der Waals surface area contributed by atoms with Gasteiger partial charge in [0.15, 0.2) is 0 Å². The summed E-state index contributed by atoms with van der Waals surface area (Å²) in [6.45, 7) is 42.2. The van der Waals surface area contributed by atoms with Gasteiger partial charge in [0.25, 0.3) is 0 Å². The highest BCUT2D eigenvalue weighted by Gasteiger charge is 2.36. The lowest BCUT2D eigenvalue weighted by atomic mass is 9.73. The first-order valence-electron chi connectivity index (χ1n) is 30.9. The lowest BCUT2D eigenvalue weighted by molar-refractivity contribution is -0.129.